The number of hydrogen-bond donors (Lipinski definition) is 1. The third-order valence-electron chi connectivity index (χ3n) is 3.39. The summed E-state index contributed by atoms with van der Waals surface area (Å²) >= 11 is 1.66. The van der Waals surface area contributed by atoms with E-state index in [0.717, 1.165) is 43.8 Å². The number of nitrogens with zero attached hydrogens (tertiary/aromatic N) is 1. The number of piperidine rings is 1. The molecule has 1 saturated heterocycles. The number of amides is 1. The fourth-order valence-corrected chi connectivity index (χ4v) is 3.07. The topological polar surface area (TPSA) is 32.3 Å². The number of carbonyl (C=O) groups is 1. The highest BCUT2D eigenvalue weighted by molar-refractivity contribution is 7.10. The molecule has 3 nitrogen and oxygen atoms in total. The first-order valence-electron chi connectivity index (χ1n) is 7.04. The monoisotopic (exact) mass is 278 g/mol. The lowest BCUT2D eigenvalue weighted by Crippen LogP contribution is -2.48. The molecular formula is C15H22N2OS. The first kappa shape index (κ1) is 14.3. The van der Waals surface area contributed by atoms with Gasteiger partial charge in [0.2, 0.25) is 5.91 Å². The minimum atomic E-state index is 0.143. The molecule has 0 spiro atoms. The lowest BCUT2D eigenvalue weighted by molar-refractivity contribution is -0.128. The van der Waals surface area contributed by atoms with E-state index in [9.17, 15) is 4.79 Å². The van der Waals surface area contributed by atoms with Crippen molar-refractivity contribution in [1.82, 2.24) is 10.2 Å². The Morgan fingerprint density at radius 2 is 2.53 bits per heavy atom. The van der Waals surface area contributed by atoms with Crippen LogP contribution in [0.15, 0.2) is 23.6 Å². The van der Waals surface area contributed by atoms with Gasteiger partial charge < -0.3 is 10.2 Å². The zero-order valence-electron chi connectivity index (χ0n) is 11.5. The molecule has 4 heteroatoms. The number of hydrogen-bond acceptors (Lipinski definition) is 3. The molecule has 1 fully saturated rings. The minimum Gasteiger partial charge on any atom is -0.335 e. The van der Waals surface area contributed by atoms with Gasteiger partial charge >= 0.3 is 0 Å². The molecule has 19 heavy (non-hydrogen) atoms. The molecule has 1 unspecified atom stereocenters. The van der Waals surface area contributed by atoms with Crippen LogP contribution in [0, 0.1) is 0 Å². The highest BCUT2D eigenvalue weighted by Gasteiger charge is 2.22. The van der Waals surface area contributed by atoms with Crippen LogP contribution in [0.5, 0.6) is 0 Å². The van der Waals surface area contributed by atoms with Crippen molar-refractivity contribution in [1.29, 1.82) is 0 Å². The fourth-order valence-electron chi connectivity index (χ4n) is 2.45. The Kier molecular flexibility index (Phi) is 5.61. The molecule has 0 radical (unpaired) electrons. The summed E-state index contributed by atoms with van der Waals surface area (Å²) < 4.78 is 0. The van der Waals surface area contributed by atoms with Crippen molar-refractivity contribution in [3.05, 3.63) is 28.5 Å². The van der Waals surface area contributed by atoms with Crippen molar-refractivity contribution in [3.8, 4) is 0 Å². The summed E-state index contributed by atoms with van der Waals surface area (Å²) in [5.74, 6) is 0.143. The first-order chi connectivity index (χ1) is 9.31. The lowest BCUT2D eigenvalue weighted by Gasteiger charge is -2.34. The molecular weight excluding hydrogens is 256 g/mol. The van der Waals surface area contributed by atoms with E-state index in [1.54, 1.807) is 17.4 Å². The second-order valence-electron chi connectivity index (χ2n) is 4.88. The van der Waals surface area contributed by atoms with Crippen LogP contribution in [0.2, 0.25) is 0 Å². The molecule has 1 atom stereocenters. The maximum absolute atomic E-state index is 12.3. The standard InChI is InChI=1S/C15H22N2OS/c1-2-10-17(13-5-3-9-16-12-13)15(18)8-7-14-6-4-11-19-14/h4,6-8,11,13,16H,2-3,5,9-10,12H2,1H3. The van der Waals surface area contributed by atoms with Crippen LogP contribution in [0.1, 0.15) is 31.1 Å². The van der Waals surface area contributed by atoms with Gasteiger partial charge in [0.05, 0.1) is 0 Å². The average molecular weight is 278 g/mol. The molecule has 1 aromatic rings. The summed E-state index contributed by atoms with van der Waals surface area (Å²) in [4.78, 5) is 15.5. The molecule has 1 N–H and O–H groups in total. The zero-order chi connectivity index (χ0) is 13.5. The summed E-state index contributed by atoms with van der Waals surface area (Å²) in [7, 11) is 0. The van der Waals surface area contributed by atoms with Crippen molar-refractivity contribution in [2.24, 2.45) is 0 Å². The summed E-state index contributed by atoms with van der Waals surface area (Å²) in [5.41, 5.74) is 0. The van der Waals surface area contributed by atoms with Gasteiger partial charge in [-0.15, -0.1) is 11.3 Å². The molecule has 1 aliphatic rings. The van der Waals surface area contributed by atoms with Gasteiger partial charge in [-0.25, -0.2) is 0 Å². The molecule has 0 aromatic carbocycles. The SMILES string of the molecule is CCCN(C(=O)C=Cc1cccs1)C1CCCNC1. The largest absolute Gasteiger partial charge is 0.335 e. The van der Waals surface area contributed by atoms with E-state index < -0.39 is 0 Å². The molecule has 0 bridgehead atoms. The Morgan fingerprint density at radius 1 is 1.63 bits per heavy atom. The Balaban J connectivity index is 1.99. The van der Waals surface area contributed by atoms with Gasteiger partial charge in [0.25, 0.3) is 0 Å². The molecule has 2 rings (SSSR count). The van der Waals surface area contributed by atoms with Gasteiger partial charge in [-0.05, 0) is 43.3 Å². The highest BCUT2D eigenvalue weighted by atomic mass is 32.1. The molecule has 1 aliphatic heterocycles. The third kappa shape index (κ3) is 4.18. The summed E-state index contributed by atoms with van der Waals surface area (Å²) in [6.45, 7) is 4.98. The van der Waals surface area contributed by atoms with Crippen molar-refractivity contribution in [2.45, 2.75) is 32.2 Å². The quantitative estimate of drug-likeness (QED) is 0.840. The number of thiophene rings is 1. The van der Waals surface area contributed by atoms with Crippen LogP contribution in [-0.4, -0.2) is 36.5 Å². The Labute approximate surface area is 119 Å². The van der Waals surface area contributed by atoms with Crippen molar-refractivity contribution < 1.29 is 4.79 Å². The van der Waals surface area contributed by atoms with Crippen molar-refractivity contribution >= 4 is 23.3 Å². The van der Waals surface area contributed by atoms with Crippen LogP contribution < -0.4 is 5.32 Å². The van der Waals surface area contributed by atoms with Crippen LogP contribution in [-0.2, 0) is 4.79 Å². The summed E-state index contributed by atoms with van der Waals surface area (Å²) in [6, 6.07) is 4.39. The number of carbonyl (C=O) groups excluding carboxylic acids is 1. The van der Waals surface area contributed by atoms with E-state index >= 15 is 0 Å². The van der Waals surface area contributed by atoms with Gasteiger partial charge in [0.15, 0.2) is 0 Å². The molecule has 2 heterocycles. The van der Waals surface area contributed by atoms with Gasteiger partial charge in [-0.3, -0.25) is 4.79 Å². The van der Waals surface area contributed by atoms with E-state index in [1.165, 1.54) is 0 Å². The van der Waals surface area contributed by atoms with E-state index in [4.69, 9.17) is 0 Å². The van der Waals surface area contributed by atoms with Crippen molar-refractivity contribution in [3.63, 3.8) is 0 Å². The number of rotatable bonds is 5. The van der Waals surface area contributed by atoms with Gasteiger partial charge in [0.1, 0.15) is 0 Å². The van der Waals surface area contributed by atoms with E-state index in [1.807, 2.05) is 28.5 Å². The molecule has 104 valence electrons. The van der Waals surface area contributed by atoms with Gasteiger partial charge in [0, 0.05) is 30.1 Å². The van der Waals surface area contributed by atoms with Gasteiger partial charge in [-0.2, -0.15) is 0 Å². The highest BCUT2D eigenvalue weighted by Crippen LogP contribution is 2.14. The maximum Gasteiger partial charge on any atom is 0.246 e. The second kappa shape index (κ2) is 7.46. The second-order valence-corrected chi connectivity index (χ2v) is 5.86. The first-order valence-corrected chi connectivity index (χ1v) is 7.92. The third-order valence-corrected chi connectivity index (χ3v) is 4.23. The van der Waals surface area contributed by atoms with Crippen molar-refractivity contribution in [2.75, 3.05) is 19.6 Å². The lowest BCUT2D eigenvalue weighted by atomic mass is 10.1. The maximum atomic E-state index is 12.3. The van der Waals surface area contributed by atoms with Gasteiger partial charge in [-0.1, -0.05) is 13.0 Å². The van der Waals surface area contributed by atoms with E-state index in [2.05, 4.69) is 12.2 Å². The molecule has 1 amide bonds. The normalized spacial score (nSPS) is 19.7. The van der Waals surface area contributed by atoms with E-state index in [-0.39, 0.29) is 5.91 Å². The Bertz CT molecular complexity index is 408. The Hall–Kier alpha value is -1.13. The average Bonchev–Trinajstić information content (AvgIpc) is 2.96. The predicted molar refractivity (Wildman–Crippen MR) is 81.2 cm³/mol. The van der Waals surface area contributed by atoms with Crippen LogP contribution in [0.25, 0.3) is 6.08 Å². The molecule has 1 aromatic heterocycles. The summed E-state index contributed by atoms with van der Waals surface area (Å²) in [5, 5.41) is 5.41. The fraction of sp³-hybridized carbons (Fsp3) is 0.533. The van der Waals surface area contributed by atoms with Crippen LogP contribution in [0.3, 0.4) is 0 Å². The smallest absolute Gasteiger partial charge is 0.246 e. The molecule has 0 aliphatic carbocycles. The van der Waals surface area contributed by atoms with Crippen LogP contribution >= 0.6 is 11.3 Å². The summed E-state index contributed by atoms with van der Waals surface area (Å²) in [6.07, 6.45) is 6.93. The number of nitrogens with one attached hydrogen (secondary N) is 1. The Morgan fingerprint density at radius 3 is 3.16 bits per heavy atom. The zero-order valence-corrected chi connectivity index (χ0v) is 12.3. The van der Waals surface area contributed by atoms with E-state index in [0.29, 0.717) is 6.04 Å². The molecule has 0 saturated carbocycles. The minimum absolute atomic E-state index is 0.143. The predicted octanol–water partition coefficient (Wildman–Crippen LogP) is 2.75. The van der Waals surface area contributed by atoms with Crippen LogP contribution in [0.4, 0.5) is 0 Å².